The zero-order valence-electron chi connectivity index (χ0n) is 12.9. The van der Waals surface area contributed by atoms with Crippen molar-refractivity contribution in [2.24, 2.45) is 0 Å². The van der Waals surface area contributed by atoms with Crippen molar-refractivity contribution in [3.8, 4) is 11.5 Å². The standard InChI is InChI=1S/C15H24N2O3S/c1-19-11-9-12(14(16)13(10-11)20-2)15(18)17-7-5-4-6-8-21-3/h9-10H,4-8,16H2,1-3H3,(H,17,18). The first kappa shape index (κ1) is 17.5. The van der Waals surface area contributed by atoms with Gasteiger partial charge in [0.25, 0.3) is 5.91 Å². The Hall–Kier alpha value is -1.56. The number of carbonyl (C=O) groups excluding carboxylic acids is 1. The number of unbranched alkanes of at least 4 members (excludes halogenated alkanes) is 2. The predicted octanol–water partition coefficient (Wildman–Crippen LogP) is 2.55. The first-order valence-corrected chi connectivity index (χ1v) is 8.32. The highest BCUT2D eigenvalue weighted by Gasteiger charge is 2.15. The Morgan fingerprint density at radius 2 is 2.00 bits per heavy atom. The second-order valence-electron chi connectivity index (χ2n) is 4.60. The van der Waals surface area contributed by atoms with E-state index >= 15 is 0 Å². The number of hydrogen-bond acceptors (Lipinski definition) is 5. The molecule has 0 aromatic heterocycles. The molecule has 0 atom stereocenters. The number of thioether (sulfide) groups is 1. The van der Waals surface area contributed by atoms with Crippen LogP contribution in [0, 0.1) is 0 Å². The van der Waals surface area contributed by atoms with E-state index in [0.717, 1.165) is 18.6 Å². The Morgan fingerprint density at radius 3 is 2.62 bits per heavy atom. The summed E-state index contributed by atoms with van der Waals surface area (Å²) < 4.78 is 10.3. The van der Waals surface area contributed by atoms with Crippen molar-refractivity contribution in [1.82, 2.24) is 5.32 Å². The van der Waals surface area contributed by atoms with E-state index in [2.05, 4.69) is 11.6 Å². The predicted molar refractivity (Wildman–Crippen MR) is 88.5 cm³/mol. The normalized spacial score (nSPS) is 10.2. The minimum atomic E-state index is -0.199. The molecule has 0 fully saturated rings. The van der Waals surface area contributed by atoms with Crippen LogP contribution in [0.1, 0.15) is 29.6 Å². The maximum atomic E-state index is 12.2. The van der Waals surface area contributed by atoms with E-state index in [1.54, 1.807) is 19.2 Å². The molecular formula is C15H24N2O3S. The molecule has 0 spiro atoms. The zero-order chi connectivity index (χ0) is 15.7. The van der Waals surface area contributed by atoms with Gasteiger partial charge in [-0.1, -0.05) is 6.42 Å². The molecule has 1 amide bonds. The number of nitrogens with two attached hydrogens (primary N) is 1. The average Bonchev–Trinajstić information content (AvgIpc) is 2.50. The molecule has 0 aliphatic carbocycles. The molecule has 6 heteroatoms. The van der Waals surface area contributed by atoms with Crippen molar-refractivity contribution >= 4 is 23.4 Å². The van der Waals surface area contributed by atoms with Gasteiger partial charge in [0.05, 0.1) is 25.5 Å². The summed E-state index contributed by atoms with van der Waals surface area (Å²) in [6, 6.07) is 3.29. The number of methoxy groups -OCH3 is 2. The molecule has 1 aromatic rings. The molecule has 0 saturated carbocycles. The van der Waals surface area contributed by atoms with Gasteiger partial charge in [0.15, 0.2) is 0 Å². The smallest absolute Gasteiger partial charge is 0.253 e. The van der Waals surface area contributed by atoms with Gasteiger partial charge >= 0.3 is 0 Å². The molecule has 5 nitrogen and oxygen atoms in total. The lowest BCUT2D eigenvalue weighted by molar-refractivity contribution is 0.0953. The van der Waals surface area contributed by atoms with Crippen LogP contribution in [0.15, 0.2) is 12.1 Å². The van der Waals surface area contributed by atoms with Crippen LogP contribution >= 0.6 is 11.8 Å². The fraction of sp³-hybridized carbons (Fsp3) is 0.533. The molecular weight excluding hydrogens is 288 g/mol. The molecule has 118 valence electrons. The Bertz CT molecular complexity index is 466. The van der Waals surface area contributed by atoms with Crippen LogP contribution in [0.5, 0.6) is 11.5 Å². The average molecular weight is 312 g/mol. The summed E-state index contributed by atoms with van der Waals surface area (Å²) in [4.78, 5) is 12.2. The minimum absolute atomic E-state index is 0.199. The van der Waals surface area contributed by atoms with E-state index < -0.39 is 0 Å². The van der Waals surface area contributed by atoms with Gasteiger partial charge in [-0.2, -0.15) is 11.8 Å². The SMILES string of the molecule is COc1cc(OC)c(N)c(C(=O)NCCCCCSC)c1. The lowest BCUT2D eigenvalue weighted by atomic mass is 10.1. The lowest BCUT2D eigenvalue weighted by Gasteiger charge is -2.12. The summed E-state index contributed by atoms with van der Waals surface area (Å²) in [6.45, 7) is 0.645. The first-order chi connectivity index (χ1) is 10.1. The fourth-order valence-electron chi connectivity index (χ4n) is 1.92. The Kier molecular flexibility index (Phi) is 7.82. The van der Waals surface area contributed by atoms with E-state index in [1.165, 1.54) is 13.5 Å². The maximum absolute atomic E-state index is 12.2. The molecule has 0 heterocycles. The van der Waals surface area contributed by atoms with Crippen LogP contribution in [-0.2, 0) is 0 Å². The van der Waals surface area contributed by atoms with E-state index in [0.29, 0.717) is 29.3 Å². The van der Waals surface area contributed by atoms with E-state index in [1.807, 2.05) is 11.8 Å². The third-order valence-corrected chi connectivity index (χ3v) is 3.82. The second-order valence-corrected chi connectivity index (χ2v) is 5.59. The van der Waals surface area contributed by atoms with Gasteiger partial charge in [-0.3, -0.25) is 4.79 Å². The molecule has 0 bridgehead atoms. The highest BCUT2D eigenvalue weighted by Crippen LogP contribution is 2.30. The van der Waals surface area contributed by atoms with Crippen molar-refractivity contribution in [3.63, 3.8) is 0 Å². The molecule has 1 rings (SSSR count). The number of hydrogen-bond donors (Lipinski definition) is 2. The summed E-state index contributed by atoms with van der Waals surface area (Å²) in [7, 11) is 3.05. The molecule has 0 aliphatic heterocycles. The van der Waals surface area contributed by atoms with Crippen LogP contribution < -0.4 is 20.5 Å². The summed E-state index contributed by atoms with van der Waals surface area (Å²) in [5.41, 5.74) is 6.66. The summed E-state index contributed by atoms with van der Waals surface area (Å²) in [5.74, 6) is 1.95. The number of ether oxygens (including phenoxy) is 2. The second kappa shape index (κ2) is 9.39. The molecule has 3 N–H and O–H groups in total. The first-order valence-electron chi connectivity index (χ1n) is 6.92. The number of nitrogen functional groups attached to an aromatic ring is 1. The Morgan fingerprint density at radius 1 is 1.24 bits per heavy atom. The lowest BCUT2D eigenvalue weighted by Crippen LogP contribution is -2.25. The van der Waals surface area contributed by atoms with Crippen molar-refractivity contribution in [2.75, 3.05) is 38.5 Å². The van der Waals surface area contributed by atoms with Crippen molar-refractivity contribution < 1.29 is 14.3 Å². The van der Waals surface area contributed by atoms with E-state index in [4.69, 9.17) is 15.2 Å². The maximum Gasteiger partial charge on any atom is 0.253 e. The zero-order valence-corrected chi connectivity index (χ0v) is 13.7. The van der Waals surface area contributed by atoms with Gasteiger partial charge in [-0.15, -0.1) is 0 Å². The molecule has 0 radical (unpaired) electrons. The molecule has 0 saturated heterocycles. The van der Waals surface area contributed by atoms with Crippen LogP contribution in [0.3, 0.4) is 0 Å². The van der Waals surface area contributed by atoms with E-state index in [9.17, 15) is 4.79 Å². The van der Waals surface area contributed by atoms with Crippen LogP contribution in [0.2, 0.25) is 0 Å². The number of benzene rings is 1. The van der Waals surface area contributed by atoms with Gasteiger partial charge in [0, 0.05) is 12.6 Å². The summed E-state index contributed by atoms with van der Waals surface area (Å²) in [6.07, 6.45) is 5.35. The van der Waals surface area contributed by atoms with Crippen LogP contribution in [0.4, 0.5) is 5.69 Å². The fourth-order valence-corrected chi connectivity index (χ4v) is 2.41. The van der Waals surface area contributed by atoms with Gasteiger partial charge < -0.3 is 20.5 Å². The van der Waals surface area contributed by atoms with Crippen LogP contribution in [-0.4, -0.2) is 38.7 Å². The van der Waals surface area contributed by atoms with Crippen molar-refractivity contribution in [1.29, 1.82) is 0 Å². The Labute approximate surface area is 130 Å². The van der Waals surface area contributed by atoms with Gasteiger partial charge in [-0.25, -0.2) is 0 Å². The molecule has 1 aromatic carbocycles. The van der Waals surface area contributed by atoms with Crippen molar-refractivity contribution in [2.45, 2.75) is 19.3 Å². The topological polar surface area (TPSA) is 73.6 Å². The highest BCUT2D eigenvalue weighted by molar-refractivity contribution is 7.98. The number of carbonyl (C=O) groups is 1. The van der Waals surface area contributed by atoms with Gasteiger partial charge in [0.2, 0.25) is 0 Å². The van der Waals surface area contributed by atoms with Gasteiger partial charge in [0.1, 0.15) is 11.5 Å². The Balaban J connectivity index is 2.61. The van der Waals surface area contributed by atoms with Crippen LogP contribution in [0.25, 0.3) is 0 Å². The number of amides is 1. The third kappa shape index (κ3) is 5.38. The van der Waals surface area contributed by atoms with E-state index in [-0.39, 0.29) is 5.91 Å². The largest absolute Gasteiger partial charge is 0.497 e. The molecule has 0 unspecified atom stereocenters. The number of anilines is 1. The quantitative estimate of drug-likeness (QED) is 0.541. The number of rotatable bonds is 9. The van der Waals surface area contributed by atoms with Gasteiger partial charge in [-0.05, 0) is 30.9 Å². The highest BCUT2D eigenvalue weighted by atomic mass is 32.2. The third-order valence-electron chi connectivity index (χ3n) is 3.13. The summed E-state index contributed by atoms with van der Waals surface area (Å²) >= 11 is 1.84. The molecule has 21 heavy (non-hydrogen) atoms. The molecule has 0 aliphatic rings. The van der Waals surface area contributed by atoms with Crippen molar-refractivity contribution in [3.05, 3.63) is 17.7 Å². The summed E-state index contributed by atoms with van der Waals surface area (Å²) in [5, 5.41) is 2.88. The monoisotopic (exact) mass is 312 g/mol. The minimum Gasteiger partial charge on any atom is -0.497 e. The number of nitrogens with one attached hydrogen (secondary N) is 1.